The third-order valence-electron chi connectivity index (χ3n) is 2.88. The smallest absolute Gasteiger partial charge is 0.140 e. The Hall–Kier alpha value is -0.830. The van der Waals surface area contributed by atoms with Crippen LogP contribution in [0.3, 0.4) is 0 Å². The first kappa shape index (κ1) is 14.2. The first-order valence-electron chi connectivity index (χ1n) is 5.93. The molecule has 1 atom stereocenters. The Morgan fingerprint density at radius 1 is 1.47 bits per heavy atom. The Balaban J connectivity index is 2.79. The van der Waals surface area contributed by atoms with E-state index in [0.717, 1.165) is 28.6 Å². The zero-order chi connectivity index (χ0) is 12.8. The van der Waals surface area contributed by atoms with Crippen LogP contribution in [0, 0.1) is 5.92 Å². The van der Waals surface area contributed by atoms with Gasteiger partial charge in [-0.2, -0.15) is 0 Å². The van der Waals surface area contributed by atoms with Gasteiger partial charge in [-0.25, -0.2) is 0 Å². The number of ether oxygens (including phenoxy) is 1. The van der Waals surface area contributed by atoms with Gasteiger partial charge in [0, 0.05) is 22.4 Å². The Morgan fingerprint density at radius 2 is 2.18 bits per heavy atom. The number of halogens is 1. The molecule has 0 fully saturated rings. The van der Waals surface area contributed by atoms with Crippen molar-refractivity contribution < 1.29 is 9.53 Å². The average Bonchev–Trinajstić information content (AvgIpc) is 2.29. The highest BCUT2D eigenvalue weighted by atomic mass is 79.9. The number of carbonyl (C=O) groups is 1. The van der Waals surface area contributed by atoms with Crippen molar-refractivity contribution in [3.8, 4) is 5.75 Å². The molecule has 0 aliphatic rings. The molecule has 17 heavy (non-hydrogen) atoms. The van der Waals surface area contributed by atoms with Crippen molar-refractivity contribution in [1.82, 2.24) is 0 Å². The summed E-state index contributed by atoms with van der Waals surface area (Å²) >= 11 is 3.42. The molecule has 1 unspecified atom stereocenters. The summed E-state index contributed by atoms with van der Waals surface area (Å²) in [5.41, 5.74) is 0.954. The number of Topliss-reactive ketones (excluding diaryl/α,β-unsaturated/α-hetero) is 1. The monoisotopic (exact) mass is 298 g/mol. The summed E-state index contributed by atoms with van der Waals surface area (Å²) in [4.78, 5) is 12.0. The first-order chi connectivity index (χ1) is 8.08. The molecule has 1 aromatic carbocycles. The van der Waals surface area contributed by atoms with Gasteiger partial charge in [0.25, 0.3) is 0 Å². The summed E-state index contributed by atoms with van der Waals surface area (Å²) in [6.45, 7) is 4.10. The van der Waals surface area contributed by atoms with Crippen LogP contribution >= 0.6 is 15.9 Å². The van der Waals surface area contributed by atoms with E-state index < -0.39 is 0 Å². The maximum atomic E-state index is 12.0. The maximum Gasteiger partial charge on any atom is 0.140 e. The second-order valence-electron chi connectivity index (χ2n) is 4.29. The lowest BCUT2D eigenvalue weighted by atomic mass is 9.95. The van der Waals surface area contributed by atoms with E-state index in [9.17, 15) is 4.79 Å². The zero-order valence-corrected chi connectivity index (χ0v) is 12.2. The van der Waals surface area contributed by atoms with E-state index in [2.05, 4.69) is 22.9 Å². The number of methoxy groups -OCH3 is 1. The largest absolute Gasteiger partial charge is 0.496 e. The van der Waals surface area contributed by atoms with Crippen LogP contribution in [-0.2, 0) is 11.2 Å². The summed E-state index contributed by atoms with van der Waals surface area (Å²) in [7, 11) is 1.63. The van der Waals surface area contributed by atoms with Crippen LogP contribution in [0.25, 0.3) is 0 Å². The Labute approximate surface area is 111 Å². The van der Waals surface area contributed by atoms with Crippen LogP contribution in [0.15, 0.2) is 22.7 Å². The van der Waals surface area contributed by atoms with Crippen molar-refractivity contribution in [3.05, 3.63) is 28.2 Å². The van der Waals surface area contributed by atoms with Crippen LogP contribution in [0.4, 0.5) is 0 Å². The number of ketones is 1. The number of benzene rings is 1. The zero-order valence-electron chi connectivity index (χ0n) is 10.6. The second-order valence-corrected chi connectivity index (χ2v) is 5.20. The molecule has 0 spiro atoms. The molecule has 1 aromatic rings. The minimum absolute atomic E-state index is 0.128. The van der Waals surface area contributed by atoms with E-state index in [-0.39, 0.29) is 11.7 Å². The SMILES string of the molecule is CCCC(C)C(=O)Cc1cc(Br)ccc1OC. The Kier molecular flexibility index (Phi) is 5.69. The van der Waals surface area contributed by atoms with Gasteiger partial charge in [0.2, 0.25) is 0 Å². The third kappa shape index (κ3) is 4.15. The van der Waals surface area contributed by atoms with E-state index in [1.807, 2.05) is 25.1 Å². The fourth-order valence-corrected chi connectivity index (χ4v) is 2.25. The highest BCUT2D eigenvalue weighted by Gasteiger charge is 2.15. The molecule has 94 valence electrons. The molecule has 0 heterocycles. The highest BCUT2D eigenvalue weighted by Crippen LogP contribution is 2.24. The van der Waals surface area contributed by atoms with Crippen molar-refractivity contribution in [3.63, 3.8) is 0 Å². The van der Waals surface area contributed by atoms with Crippen LogP contribution in [0.1, 0.15) is 32.3 Å². The van der Waals surface area contributed by atoms with Crippen molar-refractivity contribution >= 4 is 21.7 Å². The molecule has 0 aliphatic heterocycles. The van der Waals surface area contributed by atoms with E-state index in [1.54, 1.807) is 7.11 Å². The standard InChI is InChI=1S/C14H19BrO2/c1-4-5-10(2)13(16)9-11-8-12(15)6-7-14(11)17-3/h6-8,10H,4-5,9H2,1-3H3. The van der Waals surface area contributed by atoms with Gasteiger partial charge in [-0.15, -0.1) is 0 Å². The molecule has 3 heteroatoms. The molecule has 0 amide bonds. The summed E-state index contributed by atoms with van der Waals surface area (Å²) in [6.07, 6.45) is 2.45. The summed E-state index contributed by atoms with van der Waals surface area (Å²) in [5.74, 6) is 1.19. The van der Waals surface area contributed by atoms with Crippen molar-refractivity contribution in [2.75, 3.05) is 7.11 Å². The van der Waals surface area contributed by atoms with Crippen LogP contribution < -0.4 is 4.74 Å². The second kappa shape index (κ2) is 6.80. The highest BCUT2D eigenvalue weighted by molar-refractivity contribution is 9.10. The molecule has 2 nitrogen and oxygen atoms in total. The molecule has 1 rings (SSSR count). The van der Waals surface area contributed by atoms with Gasteiger partial charge >= 0.3 is 0 Å². The predicted octanol–water partition coefficient (Wildman–Crippen LogP) is 4.01. The van der Waals surface area contributed by atoms with Crippen LogP contribution in [0.5, 0.6) is 5.75 Å². The number of carbonyl (C=O) groups excluding carboxylic acids is 1. The topological polar surface area (TPSA) is 26.3 Å². The lowest BCUT2D eigenvalue weighted by molar-refractivity contribution is -0.121. The van der Waals surface area contributed by atoms with E-state index in [1.165, 1.54) is 0 Å². The quantitative estimate of drug-likeness (QED) is 0.793. The molecule has 0 N–H and O–H groups in total. The molecular formula is C14H19BrO2. The Morgan fingerprint density at radius 3 is 2.76 bits per heavy atom. The van der Waals surface area contributed by atoms with Crippen LogP contribution in [0.2, 0.25) is 0 Å². The number of hydrogen-bond acceptors (Lipinski definition) is 2. The van der Waals surface area contributed by atoms with E-state index in [4.69, 9.17) is 4.74 Å². The third-order valence-corrected chi connectivity index (χ3v) is 3.37. The molecular weight excluding hydrogens is 280 g/mol. The predicted molar refractivity (Wildman–Crippen MR) is 73.5 cm³/mol. The summed E-state index contributed by atoms with van der Waals surface area (Å²) in [6, 6.07) is 5.76. The van der Waals surface area contributed by atoms with E-state index in [0.29, 0.717) is 6.42 Å². The molecule has 0 bridgehead atoms. The van der Waals surface area contributed by atoms with Crippen molar-refractivity contribution in [2.45, 2.75) is 33.1 Å². The van der Waals surface area contributed by atoms with Gasteiger partial charge in [0.1, 0.15) is 11.5 Å². The van der Waals surface area contributed by atoms with Gasteiger partial charge in [0.15, 0.2) is 0 Å². The minimum Gasteiger partial charge on any atom is -0.496 e. The van der Waals surface area contributed by atoms with Gasteiger partial charge in [-0.3, -0.25) is 4.79 Å². The fourth-order valence-electron chi connectivity index (χ4n) is 1.84. The van der Waals surface area contributed by atoms with Gasteiger partial charge < -0.3 is 4.74 Å². The molecule has 0 aliphatic carbocycles. The van der Waals surface area contributed by atoms with Crippen molar-refractivity contribution in [2.24, 2.45) is 5.92 Å². The van der Waals surface area contributed by atoms with Gasteiger partial charge in [-0.1, -0.05) is 36.2 Å². The fraction of sp³-hybridized carbons (Fsp3) is 0.500. The maximum absolute atomic E-state index is 12.0. The first-order valence-corrected chi connectivity index (χ1v) is 6.72. The molecule has 0 saturated carbocycles. The molecule has 0 aromatic heterocycles. The summed E-state index contributed by atoms with van der Waals surface area (Å²) < 4.78 is 6.24. The summed E-state index contributed by atoms with van der Waals surface area (Å²) in [5, 5.41) is 0. The van der Waals surface area contributed by atoms with E-state index >= 15 is 0 Å². The van der Waals surface area contributed by atoms with Crippen molar-refractivity contribution in [1.29, 1.82) is 0 Å². The van der Waals surface area contributed by atoms with Crippen LogP contribution in [-0.4, -0.2) is 12.9 Å². The lowest BCUT2D eigenvalue weighted by Crippen LogP contribution is -2.14. The van der Waals surface area contributed by atoms with Gasteiger partial charge in [-0.05, 0) is 24.6 Å². The lowest BCUT2D eigenvalue weighted by Gasteiger charge is -2.12. The average molecular weight is 299 g/mol. The molecule has 0 radical (unpaired) electrons. The number of rotatable bonds is 6. The Bertz CT molecular complexity index is 388. The minimum atomic E-state index is 0.128. The van der Waals surface area contributed by atoms with Gasteiger partial charge in [0.05, 0.1) is 7.11 Å². The normalized spacial score (nSPS) is 12.2. The number of hydrogen-bond donors (Lipinski definition) is 0. The molecule has 0 saturated heterocycles.